The third kappa shape index (κ3) is 4.21. The van der Waals surface area contributed by atoms with Crippen LogP contribution in [0.4, 0.5) is 5.69 Å². The van der Waals surface area contributed by atoms with E-state index in [1.54, 1.807) is 53.4 Å². The van der Waals surface area contributed by atoms with Crippen molar-refractivity contribution in [2.24, 2.45) is 5.73 Å². The molecule has 35 heavy (non-hydrogen) atoms. The minimum absolute atomic E-state index is 0.0307. The Labute approximate surface area is 199 Å². The lowest BCUT2D eigenvalue weighted by Crippen LogP contribution is -2.54. The molecule has 2 aliphatic rings. The number of para-hydroxylation sites is 2. The van der Waals surface area contributed by atoms with Gasteiger partial charge in [-0.1, -0.05) is 30.3 Å². The predicted molar refractivity (Wildman–Crippen MR) is 125 cm³/mol. The Balaban J connectivity index is 1.47. The number of carbonyl (C=O) groups excluding carboxylic acids is 3. The van der Waals surface area contributed by atoms with E-state index in [1.807, 2.05) is 0 Å². The van der Waals surface area contributed by atoms with Crippen molar-refractivity contribution in [1.29, 1.82) is 0 Å². The molecule has 0 aliphatic carbocycles. The molecule has 0 unspecified atom stereocenters. The van der Waals surface area contributed by atoms with Crippen molar-refractivity contribution in [1.82, 2.24) is 14.7 Å². The van der Waals surface area contributed by atoms with Crippen LogP contribution in [0.3, 0.4) is 0 Å². The van der Waals surface area contributed by atoms with E-state index >= 15 is 0 Å². The fourth-order valence-electron chi connectivity index (χ4n) is 4.32. The van der Waals surface area contributed by atoms with Gasteiger partial charge in [-0.25, -0.2) is 4.68 Å². The maximum absolute atomic E-state index is 13.5. The zero-order valence-electron chi connectivity index (χ0n) is 18.8. The molecule has 2 N–H and O–H groups in total. The van der Waals surface area contributed by atoms with E-state index in [-0.39, 0.29) is 23.5 Å². The zero-order chi connectivity index (χ0) is 24.5. The number of morpholine rings is 1. The lowest BCUT2D eigenvalue weighted by atomic mass is 10.1. The van der Waals surface area contributed by atoms with E-state index in [4.69, 9.17) is 15.2 Å². The van der Waals surface area contributed by atoms with Crippen molar-refractivity contribution < 1.29 is 23.9 Å². The van der Waals surface area contributed by atoms with Gasteiger partial charge in [-0.3, -0.25) is 19.2 Å². The minimum Gasteiger partial charge on any atom is -0.476 e. The fraction of sp³-hybridized carbons (Fsp3) is 0.292. The zero-order valence-corrected chi connectivity index (χ0v) is 18.8. The molecule has 3 aromatic rings. The van der Waals surface area contributed by atoms with Crippen LogP contribution >= 0.6 is 0 Å². The van der Waals surface area contributed by atoms with Gasteiger partial charge in [0.05, 0.1) is 30.8 Å². The molecule has 180 valence electrons. The lowest BCUT2D eigenvalue weighted by Gasteiger charge is -2.37. The van der Waals surface area contributed by atoms with Crippen molar-refractivity contribution in [3.8, 4) is 5.75 Å². The SMILES string of the molecule is NC(=O)c1nn(CC(=O)N2C[C@@H](C(=O)N3CCOCC3)Oc3ccccc32)c(=O)c2ccccc12. The second kappa shape index (κ2) is 9.18. The summed E-state index contributed by atoms with van der Waals surface area (Å²) in [5, 5.41) is 4.63. The Morgan fingerprint density at radius 3 is 2.43 bits per heavy atom. The topological polar surface area (TPSA) is 137 Å². The van der Waals surface area contributed by atoms with Gasteiger partial charge in [0.15, 0.2) is 11.8 Å². The van der Waals surface area contributed by atoms with Crippen LogP contribution in [-0.2, 0) is 20.9 Å². The number of ether oxygens (including phenoxy) is 2. The number of aromatic nitrogens is 2. The number of primary amides is 1. The van der Waals surface area contributed by atoms with Crippen LogP contribution < -0.4 is 20.9 Å². The summed E-state index contributed by atoms with van der Waals surface area (Å²) >= 11 is 0. The summed E-state index contributed by atoms with van der Waals surface area (Å²) in [6.45, 7) is 1.29. The normalized spacial score (nSPS) is 17.5. The molecule has 3 heterocycles. The molecule has 0 bridgehead atoms. The second-order valence-electron chi connectivity index (χ2n) is 8.24. The molecule has 11 nitrogen and oxygen atoms in total. The van der Waals surface area contributed by atoms with Gasteiger partial charge in [-0.15, -0.1) is 0 Å². The average molecular weight is 477 g/mol. The number of hydrogen-bond donors (Lipinski definition) is 1. The lowest BCUT2D eigenvalue weighted by molar-refractivity contribution is -0.142. The van der Waals surface area contributed by atoms with Crippen LogP contribution in [0.1, 0.15) is 10.5 Å². The summed E-state index contributed by atoms with van der Waals surface area (Å²) in [4.78, 5) is 54.6. The highest BCUT2D eigenvalue weighted by atomic mass is 16.5. The van der Waals surface area contributed by atoms with Crippen LogP contribution in [0.15, 0.2) is 53.3 Å². The Morgan fingerprint density at radius 1 is 1.00 bits per heavy atom. The summed E-state index contributed by atoms with van der Waals surface area (Å²) in [7, 11) is 0. The van der Waals surface area contributed by atoms with Gasteiger partial charge < -0.3 is 25.0 Å². The van der Waals surface area contributed by atoms with Crippen LogP contribution in [-0.4, -0.2) is 71.4 Å². The van der Waals surface area contributed by atoms with Crippen molar-refractivity contribution in [3.05, 3.63) is 64.6 Å². The van der Waals surface area contributed by atoms with Crippen LogP contribution in [0.25, 0.3) is 10.8 Å². The summed E-state index contributed by atoms with van der Waals surface area (Å²) < 4.78 is 12.2. The van der Waals surface area contributed by atoms with E-state index in [1.165, 1.54) is 4.90 Å². The van der Waals surface area contributed by atoms with E-state index in [2.05, 4.69) is 5.10 Å². The van der Waals surface area contributed by atoms with Crippen LogP contribution in [0.2, 0.25) is 0 Å². The average Bonchev–Trinajstić information content (AvgIpc) is 2.89. The molecular weight excluding hydrogens is 454 g/mol. The van der Waals surface area contributed by atoms with Crippen molar-refractivity contribution in [3.63, 3.8) is 0 Å². The molecule has 1 atom stereocenters. The second-order valence-corrected chi connectivity index (χ2v) is 8.24. The molecule has 2 aliphatic heterocycles. The van der Waals surface area contributed by atoms with E-state index in [9.17, 15) is 19.2 Å². The summed E-state index contributed by atoms with van der Waals surface area (Å²) in [6, 6.07) is 13.3. The molecule has 0 saturated carbocycles. The van der Waals surface area contributed by atoms with Gasteiger partial charge in [0, 0.05) is 18.5 Å². The molecule has 1 aromatic heterocycles. The van der Waals surface area contributed by atoms with Gasteiger partial charge in [-0.05, 0) is 18.2 Å². The van der Waals surface area contributed by atoms with Gasteiger partial charge in [-0.2, -0.15) is 5.10 Å². The number of nitrogens with zero attached hydrogens (tertiary/aromatic N) is 4. The summed E-state index contributed by atoms with van der Waals surface area (Å²) in [6.07, 6.45) is -0.908. The Hall–Kier alpha value is -4.25. The molecule has 11 heteroatoms. The number of amides is 3. The molecule has 3 amide bonds. The summed E-state index contributed by atoms with van der Waals surface area (Å²) in [5.41, 5.74) is 5.33. The fourth-order valence-corrected chi connectivity index (χ4v) is 4.32. The summed E-state index contributed by atoms with van der Waals surface area (Å²) in [5.74, 6) is -1.15. The quantitative estimate of drug-likeness (QED) is 0.565. The monoisotopic (exact) mass is 477 g/mol. The third-order valence-electron chi connectivity index (χ3n) is 6.06. The largest absolute Gasteiger partial charge is 0.476 e. The van der Waals surface area contributed by atoms with E-state index in [0.717, 1.165) is 4.68 Å². The number of fused-ring (bicyclic) bond motifs is 2. The van der Waals surface area contributed by atoms with Crippen LogP contribution in [0.5, 0.6) is 5.75 Å². The standard InChI is InChI=1S/C24H23N5O6/c25-22(31)21-15-5-1-2-6-16(15)23(32)29(26-21)14-20(30)28-13-19(24(33)27-9-11-34-12-10-27)35-18-8-4-3-7-17(18)28/h1-8,19H,9-14H2,(H2,25,31)/t19-/m0/s1. The van der Waals surface area contributed by atoms with Gasteiger partial charge >= 0.3 is 0 Å². The van der Waals surface area contributed by atoms with E-state index < -0.39 is 30.0 Å². The molecular formula is C24H23N5O6. The smallest absolute Gasteiger partial charge is 0.275 e. The first-order valence-corrected chi connectivity index (χ1v) is 11.2. The number of anilines is 1. The van der Waals surface area contributed by atoms with Gasteiger partial charge in [0.2, 0.25) is 5.91 Å². The highest BCUT2D eigenvalue weighted by Gasteiger charge is 2.36. The first kappa shape index (κ1) is 22.5. The minimum atomic E-state index is -0.908. The Kier molecular flexibility index (Phi) is 5.91. The first-order valence-electron chi connectivity index (χ1n) is 11.2. The van der Waals surface area contributed by atoms with Crippen LogP contribution in [0, 0.1) is 0 Å². The highest BCUT2D eigenvalue weighted by Crippen LogP contribution is 2.33. The molecule has 0 radical (unpaired) electrons. The number of nitrogens with two attached hydrogens (primary N) is 1. The number of hydrogen-bond acceptors (Lipinski definition) is 7. The van der Waals surface area contributed by atoms with E-state index in [0.29, 0.717) is 43.1 Å². The maximum Gasteiger partial charge on any atom is 0.275 e. The van der Waals surface area contributed by atoms with Crippen molar-refractivity contribution in [2.75, 3.05) is 37.7 Å². The Bertz CT molecular complexity index is 1380. The molecule has 0 spiro atoms. The molecule has 5 rings (SSSR count). The highest BCUT2D eigenvalue weighted by molar-refractivity contribution is 6.04. The maximum atomic E-state index is 13.5. The van der Waals surface area contributed by atoms with Gasteiger partial charge in [0.25, 0.3) is 17.4 Å². The van der Waals surface area contributed by atoms with Crippen molar-refractivity contribution >= 4 is 34.2 Å². The Morgan fingerprint density at radius 2 is 1.69 bits per heavy atom. The molecule has 2 aromatic carbocycles. The van der Waals surface area contributed by atoms with Gasteiger partial charge in [0.1, 0.15) is 12.3 Å². The number of rotatable bonds is 4. The first-order chi connectivity index (χ1) is 16.9. The molecule has 1 saturated heterocycles. The molecule has 1 fully saturated rings. The predicted octanol–water partition coefficient (Wildman–Crippen LogP) is 0.148. The number of carbonyl (C=O) groups is 3. The number of benzene rings is 2. The van der Waals surface area contributed by atoms with Crippen molar-refractivity contribution in [2.45, 2.75) is 12.6 Å². The third-order valence-corrected chi connectivity index (χ3v) is 6.06.